The molecule has 0 amide bonds. The summed E-state index contributed by atoms with van der Waals surface area (Å²) >= 11 is 1.63. The summed E-state index contributed by atoms with van der Waals surface area (Å²) in [7, 11) is 0. The molecule has 0 saturated carbocycles. The molecule has 0 aliphatic carbocycles. The van der Waals surface area contributed by atoms with Crippen molar-refractivity contribution in [3.8, 4) is 0 Å². The molecule has 0 bridgehead atoms. The van der Waals surface area contributed by atoms with Crippen molar-refractivity contribution in [3.63, 3.8) is 0 Å². The lowest BCUT2D eigenvalue weighted by Crippen LogP contribution is -2.21. The first-order chi connectivity index (χ1) is 6.65. The van der Waals surface area contributed by atoms with Crippen molar-refractivity contribution < 1.29 is 5.11 Å². The molecule has 1 N–H and O–H groups in total. The summed E-state index contributed by atoms with van der Waals surface area (Å²) in [5.41, 5.74) is 0. The zero-order chi connectivity index (χ0) is 10.1. The van der Waals surface area contributed by atoms with Gasteiger partial charge in [0.15, 0.2) is 0 Å². The molecule has 2 unspecified atom stereocenters. The van der Waals surface area contributed by atoms with Crippen LogP contribution in [0.2, 0.25) is 0 Å². The molecule has 1 aliphatic rings. The molecule has 1 saturated heterocycles. The highest BCUT2D eigenvalue weighted by molar-refractivity contribution is 7.11. The molecule has 5 heteroatoms. The van der Waals surface area contributed by atoms with E-state index in [0.717, 1.165) is 29.6 Å². The van der Waals surface area contributed by atoms with Crippen LogP contribution in [-0.2, 0) is 6.54 Å². The van der Waals surface area contributed by atoms with Crippen LogP contribution in [0.3, 0.4) is 0 Å². The van der Waals surface area contributed by atoms with Crippen LogP contribution in [0.1, 0.15) is 16.9 Å². The van der Waals surface area contributed by atoms with Crippen LogP contribution in [0.4, 0.5) is 0 Å². The van der Waals surface area contributed by atoms with E-state index < -0.39 is 0 Å². The number of aryl methyl sites for hydroxylation is 1. The van der Waals surface area contributed by atoms with Crippen molar-refractivity contribution in [2.75, 3.05) is 13.1 Å². The van der Waals surface area contributed by atoms with E-state index in [9.17, 15) is 5.11 Å². The fraction of sp³-hybridized carbons (Fsp3) is 0.778. The Hall–Kier alpha value is -0.520. The first kappa shape index (κ1) is 10.0. The molecular formula is C9H15N3OS. The van der Waals surface area contributed by atoms with Gasteiger partial charge in [-0.2, -0.15) is 0 Å². The molecule has 14 heavy (non-hydrogen) atoms. The number of likely N-dealkylation sites (tertiary alicyclic amines) is 1. The Morgan fingerprint density at radius 2 is 2.29 bits per heavy atom. The predicted molar refractivity (Wildman–Crippen MR) is 55.1 cm³/mol. The minimum atomic E-state index is -0.177. The Labute approximate surface area is 87.6 Å². The van der Waals surface area contributed by atoms with Gasteiger partial charge in [0.25, 0.3) is 0 Å². The van der Waals surface area contributed by atoms with Gasteiger partial charge in [0.2, 0.25) is 0 Å². The number of rotatable bonds is 2. The number of hydrogen-bond donors (Lipinski definition) is 1. The van der Waals surface area contributed by atoms with Crippen molar-refractivity contribution in [2.24, 2.45) is 5.92 Å². The summed E-state index contributed by atoms with van der Waals surface area (Å²) in [6.07, 6.45) is -0.177. The Morgan fingerprint density at radius 1 is 1.50 bits per heavy atom. The van der Waals surface area contributed by atoms with E-state index in [1.165, 1.54) is 0 Å². The fourth-order valence-corrected chi connectivity index (χ4v) is 2.52. The number of aliphatic hydroxyl groups excluding tert-OH is 1. The third-order valence-corrected chi connectivity index (χ3v) is 3.40. The maximum atomic E-state index is 9.58. The maximum Gasteiger partial charge on any atom is 0.131 e. The standard InChI is InChI=1S/C9H15N3OS/c1-6-3-12(4-8(6)13)5-9-11-10-7(2)14-9/h6,8,13H,3-5H2,1-2H3. The monoisotopic (exact) mass is 213 g/mol. The lowest BCUT2D eigenvalue weighted by Gasteiger charge is -2.11. The Balaban J connectivity index is 1.93. The van der Waals surface area contributed by atoms with E-state index in [-0.39, 0.29) is 6.10 Å². The normalized spacial score (nSPS) is 28.5. The van der Waals surface area contributed by atoms with Gasteiger partial charge in [-0.05, 0) is 12.8 Å². The fourth-order valence-electron chi connectivity index (χ4n) is 1.77. The van der Waals surface area contributed by atoms with E-state index >= 15 is 0 Å². The van der Waals surface area contributed by atoms with Crippen LogP contribution in [-0.4, -0.2) is 39.4 Å². The number of hydrogen-bond acceptors (Lipinski definition) is 5. The maximum absolute atomic E-state index is 9.58. The molecule has 0 spiro atoms. The lowest BCUT2D eigenvalue weighted by atomic mass is 10.1. The van der Waals surface area contributed by atoms with Crippen molar-refractivity contribution in [1.82, 2.24) is 15.1 Å². The predicted octanol–water partition coefficient (Wildman–Crippen LogP) is 0.659. The van der Waals surface area contributed by atoms with E-state index in [0.29, 0.717) is 5.92 Å². The molecule has 1 aliphatic heterocycles. The molecule has 1 aromatic heterocycles. The molecule has 2 heterocycles. The summed E-state index contributed by atoms with van der Waals surface area (Å²) in [5.74, 6) is 0.379. The average Bonchev–Trinajstić information content (AvgIpc) is 2.62. The van der Waals surface area contributed by atoms with Crippen molar-refractivity contribution in [2.45, 2.75) is 26.5 Å². The van der Waals surface area contributed by atoms with Crippen LogP contribution in [0.5, 0.6) is 0 Å². The van der Waals surface area contributed by atoms with Gasteiger partial charge in [0.05, 0.1) is 12.6 Å². The summed E-state index contributed by atoms with van der Waals surface area (Å²) < 4.78 is 0. The van der Waals surface area contributed by atoms with Crippen LogP contribution >= 0.6 is 11.3 Å². The second kappa shape index (κ2) is 3.92. The number of β-amino-alcohol motifs (C(OH)–C–C–N with tert-alkyl or cyclic N) is 1. The Morgan fingerprint density at radius 3 is 2.79 bits per heavy atom. The SMILES string of the molecule is Cc1nnc(CN2CC(C)C(O)C2)s1. The Kier molecular flexibility index (Phi) is 2.80. The van der Waals surface area contributed by atoms with Gasteiger partial charge >= 0.3 is 0 Å². The van der Waals surface area contributed by atoms with Crippen molar-refractivity contribution in [3.05, 3.63) is 10.0 Å². The Bertz CT molecular complexity index is 305. The van der Waals surface area contributed by atoms with Gasteiger partial charge in [-0.25, -0.2) is 0 Å². The van der Waals surface area contributed by atoms with Gasteiger partial charge < -0.3 is 5.11 Å². The number of aromatic nitrogens is 2. The molecule has 2 atom stereocenters. The second-order valence-electron chi connectivity index (χ2n) is 3.95. The van der Waals surface area contributed by atoms with Crippen molar-refractivity contribution in [1.29, 1.82) is 0 Å². The highest BCUT2D eigenvalue weighted by Gasteiger charge is 2.28. The number of nitrogens with zero attached hydrogens (tertiary/aromatic N) is 3. The third kappa shape index (κ3) is 2.10. The van der Waals surface area contributed by atoms with Crippen LogP contribution in [0.25, 0.3) is 0 Å². The smallest absolute Gasteiger partial charge is 0.131 e. The molecule has 1 fully saturated rings. The summed E-state index contributed by atoms with van der Waals surface area (Å²) in [6, 6.07) is 0. The van der Waals surface area contributed by atoms with Crippen LogP contribution in [0.15, 0.2) is 0 Å². The highest BCUT2D eigenvalue weighted by Crippen LogP contribution is 2.19. The first-order valence-electron chi connectivity index (χ1n) is 4.84. The lowest BCUT2D eigenvalue weighted by molar-refractivity contribution is 0.147. The largest absolute Gasteiger partial charge is 0.391 e. The molecule has 0 aromatic carbocycles. The number of aliphatic hydroxyl groups is 1. The third-order valence-electron chi connectivity index (χ3n) is 2.58. The average molecular weight is 213 g/mol. The van der Waals surface area contributed by atoms with E-state index in [2.05, 4.69) is 22.0 Å². The minimum Gasteiger partial charge on any atom is -0.391 e. The molecule has 0 radical (unpaired) electrons. The van der Waals surface area contributed by atoms with Crippen LogP contribution in [0, 0.1) is 12.8 Å². The van der Waals surface area contributed by atoms with E-state index in [4.69, 9.17) is 0 Å². The van der Waals surface area contributed by atoms with Gasteiger partial charge in [-0.3, -0.25) is 4.90 Å². The summed E-state index contributed by atoms with van der Waals surface area (Å²) in [4.78, 5) is 2.23. The molecular weight excluding hydrogens is 198 g/mol. The van der Waals surface area contributed by atoms with E-state index in [1.54, 1.807) is 11.3 Å². The molecule has 1 aromatic rings. The van der Waals surface area contributed by atoms with Gasteiger partial charge in [0, 0.05) is 13.1 Å². The molecule has 78 valence electrons. The molecule has 2 rings (SSSR count). The second-order valence-corrected chi connectivity index (χ2v) is 5.22. The quantitative estimate of drug-likeness (QED) is 0.784. The van der Waals surface area contributed by atoms with Crippen LogP contribution < -0.4 is 0 Å². The zero-order valence-electron chi connectivity index (χ0n) is 8.47. The van der Waals surface area contributed by atoms with Gasteiger partial charge in [0.1, 0.15) is 10.0 Å². The first-order valence-corrected chi connectivity index (χ1v) is 5.66. The molecule has 4 nitrogen and oxygen atoms in total. The minimum absolute atomic E-state index is 0.177. The van der Waals surface area contributed by atoms with Gasteiger partial charge in [-0.1, -0.05) is 6.92 Å². The van der Waals surface area contributed by atoms with E-state index in [1.807, 2.05) is 6.92 Å². The van der Waals surface area contributed by atoms with Gasteiger partial charge in [-0.15, -0.1) is 21.5 Å². The topological polar surface area (TPSA) is 49.2 Å². The summed E-state index contributed by atoms with van der Waals surface area (Å²) in [5, 5.41) is 19.7. The zero-order valence-corrected chi connectivity index (χ0v) is 9.29. The highest BCUT2D eigenvalue weighted by atomic mass is 32.1. The van der Waals surface area contributed by atoms with Crippen molar-refractivity contribution >= 4 is 11.3 Å². The summed E-state index contributed by atoms with van der Waals surface area (Å²) in [6.45, 7) is 6.59.